The van der Waals surface area contributed by atoms with E-state index in [1.165, 1.54) is 0 Å². The van der Waals surface area contributed by atoms with E-state index in [1.807, 2.05) is 13.0 Å². The van der Waals surface area contributed by atoms with Crippen LogP contribution >= 0.6 is 11.6 Å². The Kier molecular flexibility index (Phi) is 4.99. The van der Waals surface area contributed by atoms with Crippen molar-refractivity contribution in [3.05, 3.63) is 64.2 Å². The number of hydrogen-bond acceptors (Lipinski definition) is 2. The number of halogens is 1. The Hall–Kier alpha value is -2.28. The summed E-state index contributed by atoms with van der Waals surface area (Å²) in [7, 11) is 0. The van der Waals surface area contributed by atoms with E-state index in [4.69, 9.17) is 16.7 Å². The molecule has 3 nitrogen and oxygen atoms in total. The summed E-state index contributed by atoms with van der Waals surface area (Å²) in [4.78, 5) is 12.4. The van der Waals surface area contributed by atoms with Gasteiger partial charge in [-0.25, -0.2) is 0 Å². The number of carbonyl (C=O) groups excluding carboxylic acids is 1. The summed E-state index contributed by atoms with van der Waals surface area (Å²) >= 11 is 6.03. The third-order valence-electron chi connectivity index (χ3n) is 2.84. The Balaban J connectivity index is 2.34. The Morgan fingerprint density at radius 2 is 2.05 bits per heavy atom. The highest BCUT2D eigenvalue weighted by Gasteiger charge is 2.12. The number of aryl methyl sites for hydroxylation is 1. The SMILES string of the molecule is Cc1ccc(C#CCO)c(C(=O)Nc2ccccc2Cl)c1. The average Bonchev–Trinajstić information content (AvgIpc) is 2.48. The van der Waals surface area contributed by atoms with Gasteiger partial charge in [0.1, 0.15) is 6.61 Å². The highest BCUT2D eigenvalue weighted by Crippen LogP contribution is 2.22. The molecule has 2 aromatic rings. The van der Waals surface area contributed by atoms with E-state index >= 15 is 0 Å². The molecule has 2 aromatic carbocycles. The van der Waals surface area contributed by atoms with Gasteiger partial charge in [-0.2, -0.15) is 0 Å². The molecule has 106 valence electrons. The minimum Gasteiger partial charge on any atom is -0.384 e. The first-order chi connectivity index (χ1) is 10.1. The Labute approximate surface area is 128 Å². The first kappa shape index (κ1) is 15.1. The van der Waals surface area contributed by atoms with Crippen LogP contribution < -0.4 is 5.32 Å². The summed E-state index contributed by atoms with van der Waals surface area (Å²) in [5, 5.41) is 12.0. The van der Waals surface area contributed by atoms with Gasteiger partial charge >= 0.3 is 0 Å². The zero-order valence-corrected chi connectivity index (χ0v) is 12.2. The summed E-state index contributed by atoms with van der Waals surface area (Å²) < 4.78 is 0. The van der Waals surface area contributed by atoms with Crippen molar-refractivity contribution < 1.29 is 9.90 Å². The van der Waals surface area contributed by atoms with Crippen molar-refractivity contribution in [3.63, 3.8) is 0 Å². The van der Waals surface area contributed by atoms with Crippen LogP contribution in [0.5, 0.6) is 0 Å². The van der Waals surface area contributed by atoms with Crippen LogP contribution in [0.15, 0.2) is 42.5 Å². The molecule has 0 saturated heterocycles. The van der Waals surface area contributed by atoms with Gasteiger partial charge in [-0.1, -0.05) is 47.2 Å². The summed E-state index contributed by atoms with van der Waals surface area (Å²) in [6.45, 7) is 1.65. The normalized spacial score (nSPS) is 9.67. The average molecular weight is 300 g/mol. The largest absolute Gasteiger partial charge is 0.384 e. The third kappa shape index (κ3) is 3.85. The maximum atomic E-state index is 12.4. The summed E-state index contributed by atoms with van der Waals surface area (Å²) in [6.07, 6.45) is 0. The molecule has 0 unspecified atom stereocenters. The summed E-state index contributed by atoms with van der Waals surface area (Å²) in [5.41, 5.74) is 2.52. The first-order valence-corrected chi connectivity index (χ1v) is 6.76. The van der Waals surface area contributed by atoms with Crippen LogP contribution in [0, 0.1) is 18.8 Å². The highest BCUT2D eigenvalue weighted by atomic mass is 35.5. The fraction of sp³-hybridized carbons (Fsp3) is 0.118. The molecule has 0 bridgehead atoms. The number of carbonyl (C=O) groups is 1. The lowest BCUT2D eigenvalue weighted by atomic mass is 10.0. The van der Waals surface area contributed by atoms with Crippen LogP contribution in [-0.2, 0) is 0 Å². The number of amides is 1. The van der Waals surface area contributed by atoms with Crippen molar-refractivity contribution in [3.8, 4) is 11.8 Å². The molecule has 2 N–H and O–H groups in total. The zero-order chi connectivity index (χ0) is 15.2. The number of aliphatic hydroxyl groups excluding tert-OH is 1. The number of nitrogens with one attached hydrogen (secondary N) is 1. The number of aliphatic hydroxyl groups is 1. The molecule has 0 aromatic heterocycles. The topological polar surface area (TPSA) is 49.3 Å². The van der Waals surface area contributed by atoms with Crippen molar-refractivity contribution in [1.29, 1.82) is 0 Å². The molecular weight excluding hydrogens is 286 g/mol. The van der Waals surface area contributed by atoms with Crippen molar-refractivity contribution in [2.45, 2.75) is 6.92 Å². The van der Waals surface area contributed by atoms with Crippen LogP contribution in [0.25, 0.3) is 0 Å². The van der Waals surface area contributed by atoms with Crippen LogP contribution in [-0.4, -0.2) is 17.6 Å². The smallest absolute Gasteiger partial charge is 0.256 e. The molecule has 0 atom stereocenters. The van der Waals surface area contributed by atoms with Crippen LogP contribution in [0.2, 0.25) is 5.02 Å². The molecular formula is C17H14ClNO2. The van der Waals surface area contributed by atoms with Gasteiger partial charge in [0.25, 0.3) is 5.91 Å². The van der Waals surface area contributed by atoms with Gasteiger partial charge in [0.05, 0.1) is 16.3 Å². The van der Waals surface area contributed by atoms with Crippen LogP contribution in [0.3, 0.4) is 0 Å². The summed E-state index contributed by atoms with van der Waals surface area (Å²) in [5.74, 6) is 5.05. The van der Waals surface area contributed by atoms with Gasteiger partial charge in [-0.15, -0.1) is 0 Å². The lowest BCUT2D eigenvalue weighted by molar-refractivity contribution is 0.102. The number of benzene rings is 2. The Morgan fingerprint density at radius 3 is 2.76 bits per heavy atom. The van der Waals surface area contributed by atoms with Crippen molar-refractivity contribution in [1.82, 2.24) is 0 Å². The quantitative estimate of drug-likeness (QED) is 0.836. The van der Waals surface area contributed by atoms with Crippen molar-refractivity contribution in [2.75, 3.05) is 11.9 Å². The minimum absolute atomic E-state index is 0.251. The molecule has 0 fully saturated rings. The second-order valence-corrected chi connectivity index (χ2v) is 4.85. The predicted octanol–water partition coefficient (Wildman–Crippen LogP) is 3.24. The lowest BCUT2D eigenvalue weighted by Crippen LogP contribution is -2.14. The van der Waals surface area contributed by atoms with Crippen LogP contribution in [0.1, 0.15) is 21.5 Å². The van der Waals surface area contributed by atoms with E-state index in [2.05, 4.69) is 17.2 Å². The maximum absolute atomic E-state index is 12.4. The van der Waals surface area contributed by atoms with Gasteiger partial charge in [-0.05, 0) is 31.2 Å². The molecule has 0 spiro atoms. The van der Waals surface area contributed by atoms with Gasteiger partial charge < -0.3 is 10.4 Å². The minimum atomic E-state index is -0.283. The fourth-order valence-corrected chi connectivity index (χ4v) is 2.02. The number of anilines is 1. The van der Waals surface area contributed by atoms with Gasteiger partial charge in [-0.3, -0.25) is 4.79 Å². The number of para-hydroxylation sites is 1. The number of rotatable bonds is 2. The molecule has 0 radical (unpaired) electrons. The molecule has 1 amide bonds. The second kappa shape index (κ2) is 6.94. The molecule has 0 aliphatic heterocycles. The summed E-state index contributed by atoms with van der Waals surface area (Å²) in [6, 6.07) is 12.4. The molecule has 0 aliphatic rings. The second-order valence-electron chi connectivity index (χ2n) is 4.44. The molecule has 0 heterocycles. The van der Waals surface area contributed by atoms with E-state index < -0.39 is 0 Å². The van der Waals surface area contributed by atoms with E-state index in [0.717, 1.165) is 5.56 Å². The lowest BCUT2D eigenvalue weighted by Gasteiger charge is -2.09. The molecule has 0 saturated carbocycles. The Bertz CT molecular complexity index is 729. The highest BCUT2D eigenvalue weighted by molar-refractivity contribution is 6.33. The van der Waals surface area contributed by atoms with Gasteiger partial charge in [0.15, 0.2) is 0 Å². The zero-order valence-electron chi connectivity index (χ0n) is 11.5. The first-order valence-electron chi connectivity index (χ1n) is 6.38. The molecule has 21 heavy (non-hydrogen) atoms. The van der Waals surface area contributed by atoms with Gasteiger partial charge in [0.2, 0.25) is 0 Å². The van der Waals surface area contributed by atoms with Gasteiger partial charge in [0, 0.05) is 5.56 Å². The molecule has 0 aliphatic carbocycles. The molecule has 4 heteroatoms. The van der Waals surface area contributed by atoms with Crippen molar-refractivity contribution >= 4 is 23.2 Å². The predicted molar refractivity (Wildman–Crippen MR) is 84.5 cm³/mol. The van der Waals surface area contributed by atoms with E-state index in [0.29, 0.717) is 21.8 Å². The number of hydrogen-bond donors (Lipinski definition) is 2. The van der Waals surface area contributed by atoms with Crippen molar-refractivity contribution in [2.24, 2.45) is 0 Å². The molecule has 2 rings (SSSR count). The fourth-order valence-electron chi connectivity index (χ4n) is 1.84. The van der Waals surface area contributed by atoms with E-state index in [-0.39, 0.29) is 12.5 Å². The standard InChI is InChI=1S/C17H14ClNO2/c1-12-8-9-13(5-4-10-20)14(11-12)17(21)19-16-7-3-2-6-15(16)18/h2-3,6-9,11,20H,10H2,1H3,(H,19,21). The Morgan fingerprint density at radius 1 is 1.29 bits per heavy atom. The van der Waals surface area contributed by atoms with Crippen LogP contribution in [0.4, 0.5) is 5.69 Å². The van der Waals surface area contributed by atoms with E-state index in [1.54, 1.807) is 36.4 Å². The van der Waals surface area contributed by atoms with E-state index in [9.17, 15) is 4.79 Å². The maximum Gasteiger partial charge on any atom is 0.256 e. The third-order valence-corrected chi connectivity index (χ3v) is 3.17. The monoisotopic (exact) mass is 299 g/mol.